The van der Waals surface area contributed by atoms with Crippen molar-refractivity contribution in [2.45, 2.75) is 53.9 Å². The van der Waals surface area contributed by atoms with E-state index >= 15 is 0 Å². The third-order valence-electron chi connectivity index (χ3n) is 5.39. The Hall–Kier alpha value is -2.88. The zero-order chi connectivity index (χ0) is 20.2. The van der Waals surface area contributed by atoms with Gasteiger partial charge in [0.1, 0.15) is 0 Å². The SMILES string of the molecule is Cc1cc(C(C)(C)C)cc(C)c1N1c2ccnc(C)c2Oc2c1ccnc2C. The van der Waals surface area contributed by atoms with Gasteiger partial charge in [0.2, 0.25) is 0 Å². The van der Waals surface area contributed by atoms with Crippen LogP contribution in [0, 0.1) is 27.7 Å². The van der Waals surface area contributed by atoms with Crippen molar-refractivity contribution in [2.75, 3.05) is 4.90 Å². The minimum atomic E-state index is 0.107. The standard InChI is InChI=1S/C24H27N3O/c1-14-12-18(24(5,6)7)13-15(2)21(14)27-19-8-10-25-16(3)22(19)28-23-17(4)26-11-9-20(23)27/h8-13H,1-7H3. The van der Waals surface area contributed by atoms with Crippen molar-refractivity contribution in [3.8, 4) is 11.5 Å². The number of hydrogen-bond donors (Lipinski definition) is 0. The topological polar surface area (TPSA) is 38.2 Å². The van der Waals surface area contributed by atoms with Gasteiger partial charge in [0.25, 0.3) is 0 Å². The summed E-state index contributed by atoms with van der Waals surface area (Å²) < 4.78 is 6.28. The van der Waals surface area contributed by atoms with Crippen LogP contribution < -0.4 is 9.64 Å². The van der Waals surface area contributed by atoms with E-state index in [1.807, 2.05) is 38.4 Å². The van der Waals surface area contributed by atoms with Gasteiger partial charge in [-0.15, -0.1) is 0 Å². The fourth-order valence-electron chi connectivity index (χ4n) is 3.90. The third kappa shape index (κ3) is 2.84. The minimum Gasteiger partial charge on any atom is -0.449 e. The lowest BCUT2D eigenvalue weighted by Gasteiger charge is -2.36. The molecule has 0 atom stereocenters. The molecule has 0 fully saturated rings. The van der Waals surface area contributed by atoms with Crippen LogP contribution in [0.25, 0.3) is 0 Å². The number of fused-ring (bicyclic) bond motifs is 2. The van der Waals surface area contributed by atoms with Gasteiger partial charge in [-0.25, -0.2) is 0 Å². The second kappa shape index (κ2) is 6.33. The molecule has 4 heteroatoms. The van der Waals surface area contributed by atoms with Gasteiger partial charge < -0.3 is 9.64 Å². The van der Waals surface area contributed by atoms with Gasteiger partial charge in [-0.2, -0.15) is 0 Å². The number of benzene rings is 1. The zero-order valence-electron chi connectivity index (χ0n) is 17.7. The van der Waals surface area contributed by atoms with Crippen molar-refractivity contribution < 1.29 is 4.74 Å². The monoisotopic (exact) mass is 373 g/mol. The Morgan fingerprint density at radius 3 is 1.68 bits per heavy atom. The van der Waals surface area contributed by atoms with Crippen LogP contribution in [0.1, 0.15) is 48.8 Å². The van der Waals surface area contributed by atoms with E-state index in [1.54, 1.807) is 0 Å². The quantitative estimate of drug-likeness (QED) is 0.377. The molecule has 0 unspecified atom stereocenters. The molecule has 144 valence electrons. The predicted molar refractivity (Wildman–Crippen MR) is 114 cm³/mol. The van der Waals surface area contributed by atoms with Crippen molar-refractivity contribution >= 4 is 17.1 Å². The van der Waals surface area contributed by atoms with E-state index in [2.05, 4.69) is 61.6 Å². The number of hydrogen-bond acceptors (Lipinski definition) is 4. The van der Waals surface area contributed by atoms with Crippen LogP contribution >= 0.6 is 0 Å². The van der Waals surface area contributed by atoms with Crippen LogP contribution in [0.4, 0.5) is 17.1 Å². The summed E-state index contributed by atoms with van der Waals surface area (Å²) in [6.45, 7) is 15.1. The van der Waals surface area contributed by atoms with Gasteiger partial charge in [-0.05, 0) is 61.9 Å². The van der Waals surface area contributed by atoms with E-state index in [0.717, 1.165) is 34.3 Å². The Labute approximate surface area is 167 Å². The molecule has 4 nitrogen and oxygen atoms in total. The Morgan fingerprint density at radius 2 is 1.25 bits per heavy atom. The van der Waals surface area contributed by atoms with Crippen LogP contribution in [0.5, 0.6) is 11.5 Å². The van der Waals surface area contributed by atoms with Gasteiger partial charge in [-0.3, -0.25) is 9.97 Å². The van der Waals surface area contributed by atoms with Crippen LogP contribution in [-0.4, -0.2) is 9.97 Å². The lowest BCUT2D eigenvalue weighted by molar-refractivity contribution is 0.463. The fraction of sp³-hybridized carbons (Fsp3) is 0.333. The average Bonchev–Trinajstić information content (AvgIpc) is 2.61. The molecule has 4 rings (SSSR count). The molecule has 1 aromatic carbocycles. The van der Waals surface area contributed by atoms with Crippen LogP contribution in [-0.2, 0) is 5.41 Å². The highest BCUT2D eigenvalue weighted by atomic mass is 16.5. The fourth-order valence-corrected chi connectivity index (χ4v) is 3.90. The number of aromatic nitrogens is 2. The first-order valence-corrected chi connectivity index (χ1v) is 9.69. The molecule has 0 saturated carbocycles. The number of nitrogens with zero attached hydrogens (tertiary/aromatic N) is 3. The van der Waals surface area contributed by atoms with E-state index in [0.29, 0.717) is 0 Å². The second-order valence-corrected chi connectivity index (χ2v) is 8.64. The molecule has 0 amide bonds. The molecular formula is C24H27N3O. The maximum atomic E-state index is 6.28. The molecule has 3 heterocycles. The van der Waals surface area contributed by atoms with Crippen molar-refractivity contribution in [3.63, 3.8) is 0 Å². The van der Waals surface area contributed by atoms with Crippen molar-refractivity contribution in [3.05, 3.63) is 64.7 Å². The van der Waals surface area contributed by atoms with Crippen molar-refractivity contribution in [1.29, 1.82) is 0 Å². The van der Waals surface area contributed by atoms with E-state index in [4.69, 9.17) is 4.74 Å². The van der Waals surface area contributed by atoms with Crippen LogP contribution in [0.3, 0.4) is 0 Å². The minimum absolute atomic E-state index is 0.107. The first-order chi connectivity index (χ1) is 13.2. The second-order valence-electron chi connectivity index (χ2n) is 8.64. The highest BCUT2D eigenvalue weighted by molar-refractivity contribution is 5.89. The summed E-state index contributed by atoms with van der Waals surface area (Å²) in [5.74, 6) is 1.59. The lowest BCUT2D eigenvalue weighted by atomic mass is 9.84. The summed E-state index contributed by atoms with van der Waals surface area (Å²) in [5, 5.41) is 0. The summed E-state index contributed by atoms with van der Waals surface area (Å²) in [6, 6.07) is 8.66. The van der Waals surface area contributed by atoms with Gasteiger partial charge in [0.15, 0.2) is 11.5 Å². The molecule has 2 aromatic heterocycles. The molecule has 1 aliphatic rings. The maximum Gasteiger partial charge on any atom is 0.172 e. The van der Waals surface area contributed by atoms with E-state index in [9.17, 15) is 0 Å². The summed E-state index contributed by atoms with van der Waals surface area (Å²) in [5.41, 5.74) is 8.90. The lowest BCUT2D eigenvalue weighted by Crippen LogP contribution is -2.20. The Balaban J connectivity index is 2.02. The molecule has 0 spiro atoms. The zero-order valence-corrected chi connectivity index (χ0v) is 17.7. The van der Waals surface area contributed by atoms with Gasteiger partial charge in [0, 0.05) is 12.4 Å². The number of aryl methyl sites for hydroxylation is 4. The van der Waals surface area contributed by atoms with Crippen LogP contribution in [0.15, 0.2) is 36.7 Å². The molecular weight excluding hydrogens is 346 g/mol. The Morgan fingerprint density at radius 1 is 0.786 bits per heavy atom. The highest BCUT2D eigenvalue weighted by Gasteiger charge is 2.31. The largest absolute Gasteiger partial charge is 0.449 e. The number of rotatable bonds is 1. The molecule has 0 aliphatic carbocycles. The van der Waals surface area contributed by atoms with Crippen molar-refractivity contribution in [1.82, 2.24) is 9.97 Å². The van der Waals surface area contributed by atoms with E-state index < -0.39 is 0 Å². The van der Waals surface area contributed by atoms with Gasteiger partial charge in [0.05, 0.1) is 28.5 Å². The average molecular weight is 374 g/mol. The highest BCUT2D eigenvalue weighted by Crippen LogP contribution is 2.53. The first-order valence-electron chi connectivity index (χ1n) is 9.69. The van der Waals surface area contributed by atoms with Crippen molar-refractivity contribution in [2.24, 2.45) is 0 Å². The maximum absolute atomic E-state index is 6.28. The molecule has 0 radical (unpaired) electrons. The molecule has 28 heavy (non-hydrogen) atoms. The number of pyridine rings is 2. The third-order valence-corrected chi connectivity index (χ3v) is 5.39. The summed E-state index contributed by atoms with van der Waals surface area (Å²) in [6.07, 6.45) is 3.69. The summed E-state index contributed by atoms with van der Waals surface area (Å²) in [7, 11) is 0. The first kappa shape index (κ1) is 18.5. The Bertz CT molecular complexity index is 1010. The molecule has 0 saturated heterocycles. The Kier molecular flexibility index (Phi) is 4.18. The number of anilines is 3. The molecule has 1 aliphatic heterocycles. The van der Waals surface area contributed by atoms with E-state index in [-0.39, 0.29) is 5.41 Å². The summed E-state index contributed by atoms with van der Waals surface area (Å²) >= 11 is 0. The van der Waals surface area contributed by atoms with Crippen LogP contribution in [0.2, 0.25) is 0 Å². The molecule has 0 N–H and O–H groups in total. The van der Waals surface area contributed by atoms with E-state index in [1.165, 1.54) is 22.4 Å². The van der Waals surface area contributed by atoms with Gasteiger partial charge >= 0.3 is 0 Å². The summed E-state index contributed by atoms with van der Waals surface area (Å²) in [4.78, 5) is 11.2. The smallest absolute Gasteiger partial charge is 0.172 e. The molecule has 0 bridgehead atoms. The normalized spacial score (nSPS) is 13.0. The number of ether oxygens (including phenoxy) is 1. The molecule has 3 aromatic rings. The van der Waals surface area contributed by atoms with Gasteiger partial charge in [-0.1, -0.05) is 32.9 Å². The predicted octanol–water partition coefficient (Wildman–Crippen LogP) is 6.58.